The average Bonchev–Trinajstić information content (AvgIpc) is 2.33. The molecule has 7 heteroatoms. The fraction of sp³-hybridized carbons (Fsp3) is 0.0769. The van der Waals surface area contributed by atoms with Crippen molar-refractivity contribution in [1.29, 1.82) is 0 Å². The highest BCUT2D eigenvalue weighted by molar-refractivity contribution is 6.36. The average molecular weight is 321 g/mol. The molecule has 0 bridgehead atoms. The Balaban J connectivity index is 2.35. The molecule has 0 unspecified atom stereocenters. The van der Waals surface area contributed by atoms with E-state index in [4.69, 9.17) is 28.9 Å². The second-order valence-corrected chi connectivity index (χ2v) is 4.89. The molecule has 0 aliphatic heterocycles. The highest BCUT2D eigenvalue weighted by Gasteiger charge is 2.33. The van der Waals surface area contributed by atoms with E-state index in [-0.39, 0.29) is 11.4 Å². The maximum absolute atomic E-state index is 12.7. The first-order valence-corrected chi connectivity index (χ1v) is 6.22. The molecule has 2 nitrogen and oxygen atoms in total. The molecule has 2 aromatic rings. The molecule has 0 spiro atoms. The zero-order valence-electron chi connectivity index (χ0n) is 9.93. The van der Waals surface area contributed by atoms with Crippen molar-refractivity contribution >= 4 is 40.3 Å². The van der Waals surface area contributed by atoms with Gasteiger partial charge in [0, 0.05) is 16.4 Å². The number of nitrogens with one attached hydrogen (secondary N) is 1. The Morgan fingerprint density at radius 3 is 2.30 bits per heavy atom. The molecule has 2 rings (SSSR count). The molecule has 0 fully saturated rings. The number of halogens is 5. The number of alkyl halides is 3. The van der Waals surface area contributed by atoms with E-state index in [1.54, 1.807) is 12.1 Å². The number of hydrogen-bond donors (Lipinski definition) is 2. The molecule has 106 valence electrons. The SMILES string of the molecule is Nc1ccc(Nc2ccc(Cl)cc2Cl)cc1C(F)(F)F. The van der Waals surface area contributed by atoms with Crippen molar-refractivity contribution in [1.82, 2.24) is 0 Å². The van der Waals surface area contributed by atoms with E-state index < -0.39 is 11.7 Å². The first-order chi connectivity index (χ1) is 9.27. The van der Waals surface area contributed by atoms with Crippen LogP contribution in [0.3, 0.4) is 0 Å². The topological polar surface area (TPSA) is 38.0 Å². The van der Waals surface area contributed by atoms with Gasteiger partial charge in [0.1, 0.15) is 0 Å². The van der Waals surface area contributed by atoms with E-state index in [1.807, 2.05) is 0 Å². The summed E-state index contributed by atoms with van der Waals surface area (Å²) in [5.41, 5.74) is 4.79. The van der Waals surface area contributed by atoms with Gasteiger partial charge in [0.2, 0.25) is 0 Å². The van der Waals surface area contributed by atoms with Gasteiger partial charge in [0.25, 0.3) is 0 Å². The van der Waals surface area contributed by atoms with E-state index in [1.165, 1.54) is 18.2 Å². The van der Waals surface area contributed by atoms with Crippen LogP contribution in [0.2, 0.25) is 10.0 Å². The van der Waals surface area contributed by atoms with E-state index in [9.17, 15) is 13.2 Å². The first-order valence-electron chi connectivity index (χ1n) is 5.46. The van der Waals surface area contributed by atoms with Crippen molar-refractivity contribution in [2.45, 2.75) is 6.18 Å². The number of nitrogen functional groups attached to an aromatic ring is 1. The minimum Gasteiger partial charge on any atom is -0.398 e. The van der Waals surface area contributed by atoms with Crippen LogP contribution in [-0.4, -0.2) is 0 Å². The molecular formula is C13H9Cl2F3N2. The standard InChI is InChI=1S/C13H9Cl2F3N2/c14-7-1-4-12(10(15)5-7)20-8-2-3-11(19)9(6-8)13(16,17)18/h1-6,20H,19H2. The first kappa shape index (κ1) is 14.8. The largest absolute Gasteiger partial charge is 0.418 e. The number of rotatable bonds is 2. The molecule has 0 saturated heterocycles. The summed E-state index contributed by atoms with van der Waals surface area (Å²) in [4.78, 5) is 0. The molecule has 0 aromatic heterocycles. The lowest BCUT2D eigenvalue weighted by Gasteiger charge is -2.14. The van der Waals surface area contributed by atoms with Gasteiger partial charge in [0.15, 0.2) is 0 Å². The van der Waals surface area contributed by atoms with E-state index in [2.05, 4.69) is 5.32 Å². The van der Waals surface area contributed by atoms with Crippen molar-refractivity contribution in [2.24, 2.45) is 0 Å². The maximum atomic E-state index is 12.7. The number of anilines is 3. The van der Waals surface area contributed by atoms with Crippen LogP contribution in [0.5, 0.6) is 0 Å². The summed E-state index contributed by atoms with van der Waals surface area (Å²) in [5.74, 6) is 0. The fourth-order valence-electron chi connectivity index (χ4n) is 1.63. The van der Waals surface area contributed by atoms with Gasteiger partial charge in [-0.3, -0.25) is 0 Å². The summed E-state index contributed by atoms with van der Waals surface area (Å²) in [6.45, 7) is 0. The third-order valence-corrected chi connectivity index (χ3v) is 3.12. The van der Waals surface area contributed by atoms with Crippen molar-refractivity contribution < 1.29 is 13.2 Å². The Kier molecular flexibility index (Phi) is 4.01. The third-order valence-electron chi connectivity index (χ3n) is 2.57. The minimum absolute atomic E-state index is 0.232. The predicted octanol–water partition coefficient (Wildman–Crippen LogP) is 5.34. The molecule has 0 saturated carbocycles. The van der Waals surface area contributed by atoms with Gasteiger partial charge in [-0.05, 0) is 36.4 Å². The molecular weight excluding hydrogens is 312 g/mol. The van der Waals surface area contributed by atoms with Crippen molar-refractivity contribution in [2.75, 3.05) is 11.1 Å². The molecule has 0 atom stereocenters. The molecule has 20 heavy (non-hydrogen) atoms. The molecule has 0 radical (unpaired) electrons. The van der Waals surface area contributed by atoms with E-state index in [0.29, 0.717) is 15.7 Å². The van der Waals surface area contributed by atoms with Crippen LogP contribution in [0.4, 0.5) is 30.2 Å². The number of hydrogen-bond acceptors (Lipinski definition) is 2. The molecule has 0 aliphatic rings. The quantitative estimate of drug-likeness (QED) is 0.733. The van der Waals surface area contributed by atoms with Crippen LogP contribution in [0.1, 0.15) is 5.56 Å². The lowest BCUT2D eigenvalue weighted by atomic mass is 10.1. The van der Waals surface area contributed by atoms with Gasteiger partial charge in [-0.15, -0.1) is 0 Å². The van der Waals surface area contributed by atoms with E-state index in [0.717, 1.165) is 6.07 Å². The van der Waals surface area contributed by atoms with Gasteiger partial charge in [0.05, 0.1) is 16.3 Å². The second-order valence-electron chi connectivity index (χ2n) is 4.05. The summed E-state index contributed by atoms with van der Waals surface area (Å²) in [6, 6.07) is 8.21. The normalized spacial score (nSPS) is 11.4. The van der Waals surface area contributed by atoms with Crippen molar-refractivity contribution in [3.05, 3.63) is 52.0 Å². The Morgan fingerprint density at radius 2 is 1.70 bits per heavy atom. The summed E-state index contributed by atoms with van der Waals surface area (Å²) in [5, 5.41) is 3.54. The maximum Gasteiger partial charge on any atom is 0.418 e. The summed E-state index contributed by atoms with van der Waals surface area (Å²) >= 11 is 11.7. The Bertz CT molecular complexity index is 642. The third kappa shape index (κ3) is 3.29. The molecule has 0 heterocycles. The minimum atomic E-state index is -4.51. The molecule has 0 amide bonds. The van der Waals surface area contributed by atoms with Crippen LogP contribution < -0.4 is 11.1 Å². The van der Waals surface area contributed by atoms with Gasteiger partial charge in [-0.2, -0.15) is 13.2 Å². The van der Waals surface area contributed by atoms with Crippen LogP contribution in [0, 0.1) is 0 Å². The molecule has 2 aromatic carbocycles. The van der Waals surface area contributed by atoms with Crippen molar-refractivity contribution in [3.63, 3.8) is 0 Å². The lowest BCUT2D eigenvalue weighted by molar-refractivity contribution is -0.136. The van der Waals surface area contributed by atoms with Gasteiger partial charge < -0.3 is 11.1 Å². The predicted molar refractivity (Wildman–Crippen MR) is 75.6 cm³/mol. The monoisotopic (exact) mass is 320 g/mol. The molecule has 3 N–H and O–H groups in total. The molecule has 0 aliphatic carbocycles. The Morgan fingerprint density at radius 1 is 1.00 bits per heavy atom. The Labute approximate surface area is 123 Å². The highest BCUT2D eigenvalue weighted by atomic mass is 35.5. The zero-order chi connectivity index (χ0) is 14.9. The Hall–Kier alpha value is -1.59. The van der Waals surface area contributed by atoms with Crippen LogP contribution >= 0.6 is 23.2 Å². The van der Waals surface area contributed by atoms with Gasteiger partial charge >= 0.3 is 6.18 Å². The van der Waals surface area contributed by atoms with Crippen LogP contribution in [0.25, 0.3) is 0 Å². The lowest BCUT2D eigenvalue weighted by Crippen LogP contribution is -2.09. The summed E-state index contributed by atoms with van der Waals surface area (Å²) in [6.07, 6.45) is -4.51. The van der Waals surface area contributed by atoms with Crippen molar-refractivity contribution in [3.8, 4) is 0 Å². The summed E-state index contributed by atoms with van der Waals surface area (Å²) < 4.78 is 38.2. The van der Waals surface area contributed by atoms with E-state index >= 15 is 0 Å². The zero-order valence-corrected chi connectivity index (χ0v) is 11.4. The fourth-order valence-corrected chi connectivity index (χ4v) is 2.08. The highest BCUT2D eigenvalue weighted by Crippen LogP contribution is 2.36. The van der Waals surface area contributed by atoms with Crippen LogP contribution in [0.15, 0.2) is 36.4 Å². The second kappa shape index (κ2) is 5.42. The van der Waals surface area contributed by atoms with Crippen LogP contribution in [-0.2, 0) is 6.18 Å². The smallest absolute Gasteiger partial charge is 0.398 e. The number of nitrogens with two attached hydrogens (primary N) is 1. The van der Waals surface area contributed by atoms with Gasteiger partial charge in [-0.25, -0.2) is 0 Å². The van der Waals surface area contributed by atoms with Gasteiger partial charge in [-0.1, -0.05) is 23.2 Å². The number of benzene rings is 2. The summed E-state index contributed by atoms with van der Waals surface area (Å²) in [7, 11) is 0.